The Balaban J connectivity index is 2.16. The molecule has 1 aliphatic carbocycles. The summed E-state index contributed by atoms with van der Waals surface area (Å²) in [6.07, 6.45) is 4.28. The average molecular weight is 236 g/mol. The molecule has 4 heteroatoms. The lowest BCUT2D eigenvalue weighted by atomic mass is 9.92. The summed E-state index contributed by atoms with van der Waals surface area (Å²) in [5.41, 5.74) is 0. The van der Waals surface area contributed by atoms with Crippen LogP contribution < -0.4 is 0 Å². The minimum Gasteiger partial charge on any atom is -0.391 e. The fraction of sp³-hybridized carbons (Fsp3) is 1.00. The Hall–Kier alpha value is 0.170. The number of rotatable bonds is 6. The molecule has 0 bridgehead atoms. The number of ether oxygens (including phenoxy) is 1. The van der Waals surface area contributed by atoms with Gasteiger partial charge in [-0.05, 0) is 19.9 Å². The van der Waals surface area contributed by atoms with Gasteiger partial charge >= 0.3 is 0 Å². The summed E-state index contributed by atoms with van der Waals surface area (Å²) in [6, 6.07) is 0.318. The van der Waals surface area contributed by atoms with Crippen molar-refractivity contribution in [2.24, 2.45) is 0 Å². The molecule has 0 radical (unpaired) electrons. The van der Waals surface area contributed by atoms with Gasteiger partial charge in [-0.15, -0.1) is 11.6 Å². The minimum atomic E-state index is -0.156. The minimum absolute atomic E-state index is 0.156. The van der Waals surface area contributed by atoms with Crippen LogP contribution in [0.3, 0.4) is 0 Å². The van der Waals surface area contributed by atoms with E-state index >= 15 is 0 Å². The van der Waals surface area contributed by atoms with Gasteiger partial charge < -0.3 is 9.84 Å². The Kier molecular flexibility index (Phi) is 6.57. The van der Waals surface area contributed by atoms with Crippen molar-refractivity contribution in [3.05, 3.63) is 0 Å². The third kappa shape index (κ3) is 4.68. The van der Waals surface area contributed by atoms with Crippen molar-refractivity contribution >= 4 is 11.6 Å². The van der Waals surface area contributed by atoms with Gasteiger partial charge in [0.15, 0.2) is 0 Å². The average Bonchev–Trinajstić information content (AvgIpc) is 2.25. The fourth-order valence-corrected chi connectivity index (χ4v) is 2.25. The predicted octanol–water partition coefficient (Wildman–Crippen LogP) is 1.48. The van der Waals surface area contributed by atoms with Gasteiger partial charge in [0.05, 0.1) is 19.3 Å². The van der Waals surface area contributed by atoms with Crippen LogP contribution in [0.2, 0.25) is 0 Å². The first kappa shape index (κ1) is 13.2. The number of hydrogen-bond acceptors (Lipinski definition) is 3. The van der Waals surface area contributed by atoms with E-state index in [4.69, 9.17) is 16.3 Å². The Labute approximate surface area is 97.4 Å². The number of halogens is 1. The van der Waals surface area contributed by atoms with E-state index in [0.717, 1.165) is 25.8 Å². The van der Waals surface area contributed by atoms with Gasteiger partial charge in [-0.2, -0.15) is 0 Å². The normalized spacial score (nSPS) is 27.2. The lowest BCUT2D eigenvalue weighted by Crippen LogP contribution is -2.44. The van der Waals surface area contributed by atoms with Crippen LogP contribution in [-0.2, 0) is 4.74 Å². The molecule has 0 aromatic carbocycles. The second-order valence-electron chi connectivity index (χ2n) is 4.20. The molecule has 1 rings (SSSR count). The van der Waals surface area contributed by atoms with Crippen molar-refractivity contribution in [2.45, 2.75) is 37.8 Å². The zero-order valence-electron chi connectivity index (χ0n) is 9.49. The maximum Gasteiger partial charge on any atom is 0.0695 e. The van der Waals surface area contributed by atoms with Crippen molar-refractivity contribution in [1.82, 2.24) is 4.90 Å². The molecule has 0 aromatic rings. The van der Waals surface area contributed by atoms with Crippen LogP contribution in [0.5, 0.6) is 0 Å². The number of aliphatic hydroxyl groups is 1. The molecule has 0 aliphatic heterocycles. The molecule has 3 nitrogen and oxygen atoms in total. The first-order valence-corrected chi connectivity index (χ1v) is 6.31. The predicted molar refractivity (Wildman–Crippen MR) is 62.4 cm³/mol. The van der Waals surface area contributed by atoms with E-state index in [-0.39, 0.29) is 6.10 Å². The van der Waals surface area contributed by atoms with Crippen LogP contribution in [0.1, 0.15) is 25.7 Å². The summed E-state index contributed by atoms with van der Waals surface area (Å²) in [5.74, 6) is 0.551. The van der Waals surface area contributed by atoms with Crippen LogP contribution in [-0.4, -0.2) is 54.8 Å². The van der Waals surface area contributed by atoms with Gasteiger partial charge in [-0.25, -0.2) is 0 Å². The van der Waals surface area contributed by atoms with Gasteiger partial charge in [-0.1, -0.05) is 12.8 Å². The molecule has 1 N–H and O–H groups in total. The Morgan fingerprint density at radius 3 is 2.73 bits per heavy atom. The maximum absolute atomic E-state index is 9.84. The van der Waals surface area contributed by atoms with E-state index in [1.54, 1.807) is 0 Å². The van der Waals surface area contributed by atoms with E-state index in [1.165, 1.54) is 6.42 Å². The van der Waals surface area contributed by atoms with Crippen molar-refractivity contribution < 1.29 is 9.84 Å². The van der Waals surface area contributed by atoms with E-state index in [2.05, 4.69) is 11.9 Å². The summed E-state index contributed by atoms with van der Waals surface area (Å²) in [7, 11) is 2.06. The first-order chi connectivity index (χ1) is 7.25. The summed E-state index contributed by atoms with van der Waals surface area (Å²) < 4.78 is 5.32. The number of likely N-dealkylation sites (N-methyl/N-ethyl adjacent to an activating group) is 1. The Morgan fingerprint density at radius 1 is 1.33 bits per heavy atom. The third-order valence-corrected chi connectivity index (χ3v) is 3.22. The molecule has 2 atom stereocenters. The summed E-state index contributed by atoms with van der Waals surface area (Å²) >= 11 is 5.51. The highest BCUT2D eigenvalue weighted by Crippen LogP contribution is 2.21. The molecule has 0 heterocycles. The molecule has 0 amide bonds. The third-order valence-electron chi connectivity index (χ3n) is 3.07. The zero-order valence-corrected chi connectivity index (χ0v) is 10.2. The highest BCUT2D eigenvalue weighted by atomic mass is 35.5. The van der Waals surface area contributed by atoms with Gasteiger partial charge in [0.2, 0.25) is 0 Å². The van der Waals surface area contributed by atoms with Crippen LogP contribution in [0.4, 0.5) is 0 Å². The molecule has 0 aromatic heterocycles. The smallest absolute Gasteiger partial charge is 0.0695 e. The van der Waals surface area contributed by atoms with Crippen molar-refractivity contribution in [1.29, 1.82) is 0 Å². The number of alkyl halides is 1. The van der Waals surface area contributed by atoms with Crippen LogP contribution >= 0.6 is 11.6 Å². The molecule has 1 aliphatic rings. The molecule has 1 saturated carbocycles. The monoisotopic (exact) mass is 235 g/mol. The van der Waals surface area contributed by atoms with Crippen LogP contribution in [0.25, 0.3) is 0 Å². The van der Waals surface area contributed by atoms with Crippen molar-refractivity contribution in [3.8, 4) is 0 Å². The summed E-state index contributed by atoms with van der Waals surface area (Å²) in [4.78, 5) is 2.21. The van der Waals surface area contributed by atoms with Gasteiger partial charge in [0, 0.05) is 18.5 Å². The molecule has 90 valence electrons. The molecule has 0 saturated heterocycles. The van der Waals surface area contributed by atoms with Crippen LogP contribution in [0.15, 0.2) is 0 Å². The van der Waals surface area contributed by atoms with E-state index in [9.17, 15) is 5.11 Å². The highest BCUT2D eigenvalue weighted by Gasteiger charge is 2.25. The summed E-state index contributed by atoms with van der Waals surface area (Å²) in [6.45, 7) is 2.19. The van der Waals surface area contributed by atoms with Crippen molar-refractivity contribution in [2.75, 3.05) is 32.7 Å². The summed E-state index contributed by atoms with van der Waals surface area (Å²) in [5, 5.41) is 9.84. The Morgan fingerprint density at radius 2 is 2.07 bits per heavy atom. The second-order valence-corrected chi connectivity index (χ2v) is 4.58. The SMILES string of the molecule is CN(CCOCCCl)C1CCCCC1O. The second kappa shape index (κ2) is 7.44. The van der Waals surface area contributed by atoms with Crippen molar-refractivity contribution in [3.63, 3.8) is 0 Å². The van der Waals surface area contributed by atoms with Gasteiger partial charge in [0.1, 0.15) is 0 Å². The fourth-order valence-electron chi connectivity index (χ4n) is 2.14. The highest BCUT2D eigenvalue weighted by molar-refractivity contribution is 6.17. The van der Waals surface area contributed by atoms with E-state index < -0.39 is 0 Å². The lowest BCUT2D eigenvalue weighted by Gasteiger charge is -2.35. The van der Waals surface area contributed by atoms with E-state index in [1.807, 2.05) is 0 Å². The molecule has 1 fully saturated rings. The molecular formula is C11H22ClNO2. The largest absolute Gasteiger partial charge is 0.391 e. The number of nitrogens with zero attached hydrogens (tertiary/aromatic N) is 1. The number of aliphatic hydroxyl groups excluding tert-OH is 1. The first-order valence-electron chi connectivity index (χ1n) is 5.77. The van der Waals surface area contributed by atoms with E-state index in [0.29, 0.717) is 25.1 Å². The zero-order chi connectivity index (χ0) is 11.1. The molecule has 0 spiro atoms. The maximum atomic E-state index is 9.84. The Bertz CT molecular complexity index is 169. The topological polar surface area (TPSA) is 32.7 Å². The van der Waals surface area contributed by atoms with Gasteiger partial charge in [-0.3, -0.25) is 4.90 Å². The van der Waals surface area contributed by atoms with Crippen LogP contribution in [0, 0.1) is 0 Å². The molecule has 2 unspecified atom stereocenters. The van der Waals surface area contributed by atoms with Gasteiger partial charge in [0.25, 0.3) is 0 Å². The molecule has 15 heavy (non-hydrogen) atoms. The lowest BCUT2D eigenvalue weighted by molar-refractivity contribution is 0.0182. The quantitative estimate of drug-likeness (QED) is 0.559. The molecular weight excluding hydrogens is 214 g/mol. The standard InChI is InChI=1S/C11H22ClNO2/c1-13(7-9-15-8-6-12)10-4-2-3-5-11(10)14/h10-11,14H,2-9H2,1H3. The number of hydrogen-bond donors (Lipinski definition) is 1.